The first-order valence-corrected chi connectivity index (χ1v) is 6.05. The molecular weight excluding hydrogens is 232 g/mol. The predicted octanol–water partition coefficient (Wildman–Crippen LogP) is 1.24. The lowest BCUT2D eigenvalue weighted by molar-refractivity contribution is -0.142. The molecule has 2 atom stereocenters. The number of methoxy groups -OCH3 is 1. The van der Waals surface area contributed by atoms with Gasteiger partial charge in [-0.05, 0) is 12.0 Å². The van der Waals surface area contributed by atoms with Crippen LogP contribution in [0.25, 0.3) is 0 Å². The number of pyridine rings is 1. The van der Waals surface area contributed by atoms with Crippen LogP contribution in [0.4, 0.5) is 0 Å². The van der Waals surface area contributed by atoms with E-state index in [1.54, 1.807) is 13.2 Å². The van der Waals surface area contributed by atoms with Crippen molar-refractivity contribution in [1.29, 1.82) is 0 Å². The Morgan fingerprint density at radius 1 is 1.56 bits per heavy atom. The molecule has 2 rings (SSSR count). The second kappa shape index (κ2) is 5.35. The molecule has 0 bridgehead atoms. The quantitative estimate of drug-likeness (QED) is 0.871. The average Bonchev–Trinajstić information content (AvgIpc) is 2.70. The molecule has 0 aliphatic carbocycles. The zero-order valence-electron chi connectivity index (χ0n) is 10.7. The number of carbonyl (C=O) groups is 1. The standard InChI is InChI=1S/C13H18N2O3/c1-9-6-15(8-11(9)13(16)17)7-10-4-3-5-12(14-10)18-2/h3-5,9,11H,6-8H2,1-2H3,(H,16,17)/t9-,11-/m1/s1. The zero-order chi connectivity index (χ0) is 13.1. The van der Waals surface area contributed by atoms with Crippen LogP contribution < -0.4 is 4.74 Å². The number of rotatable bonds is 4. The van der Waals surface area contributed by atoms with Crippen LogP contribution in [0, 0.1) is 11.8 Å². The maximum Gasteiger partial charge on any atom is 0.308 e. The van der Waals surface area contributed by atoms with E-state index in [4.69, 9.17) is 9.84 Å². The second-order valence-corrected chi connectivity index (χ2v) is 4.79. The van der Waals surface area contributed by atoms with Crippen LogP contribution in [0.2, 0.25) is 0 Å². The number of hydrogen-bond donors (Lipinski definition) is 1. The highest BCUT2D eigenvalue weighted by atomic mass is 16.5. The van der Waals surface area contributed by atoms with E-state index < -0.39 is 5.97 Å². The van der Waals surface area contributed by atoms with Gasteiger partial charge >= 0.3 is 5.97 Å². The minimum atomic E-state index is -0.705. The van der Waals surface area contributed by atoms with Crippen molar-refractivity contribution in [1.82, 2.24) is 9.88 Å². The van der Waals surface area contributed by atoms with E-state index in [1.807, 2.05) is 19.1 Å². The maximum absolute atomic E-state index is 11.0. The molecule has 1 N–H and O–H groups in total. The summed E-state index contributed by atoms with van der Waals surface area (Å²) in [4.78, 5) is 17.5. The summed E-state index contributed by atoms with van der Waals surface area (Å²) in [6.45, 7) is 4.05. The molecule has 1 aromatic heterocycles. The summed E-state index contributed by atoms with van der Waals surface area (Å²) in [5.74, 6) is -0.193. The van der Waals surface area contributed by atoms with Crippen LogP contribution >= 0.6 is 0 Å². The van der Waals surface area contributed by atoms with Gasteiger partial charge in [0.15, 0.2) is 0 Å². The smallest absolute Gasteiger partial charge is 0.308 e. The van der Waals surface area contributed by atoms with Gasteiger partial charge < -0.3 is 9.84 Å². The molecule has 1 aliphatic heterocycles. The number of aliphatic carboxylic acids is 1. The summed E-state index contributed by atoms with van der Waals surface area (Å²) >= 11 is 0. The van der Waals surface area contributed by atoms with Crippen molar-refractivity contribution >= 4 is 5.97 Å². The number of aromatic nitrogens is 1. The summed E-state index contributed by atoms with van der Waals surface area (Å²) in [6, 6.07) is 5.63. The Labute approximate surface area is 106 Å². The minimum Gasteiger partial charge on any atom is -0.481 e. The van der Waals surface area contributed by atoms with Gasteiger partial charge in [-0.1, -0.05) is 13.0 Å². The van der Waals surface area contributed by atoms with E-state index in [-0.39, 0.29) is 11.8 Å². The van der Waals surface area contributed by atoms with Gasteiger partial charge in [0, 0.05) is 25.7 Å². The van der Waals surface area contributed by atoms with E-state index in [2.05, 4.69) is 9.88 Å². The van der Waals surface area contributed by atoms with Gasteiger partial charge in [-0.2, -0.15) is 0 Å². The number of likely N-dealkylation sites (tertiary alicyclic amines) is 1. The Balaban J connectivity index is 2.00. The fraction of sp³-hybridized carbons (Fsp3) is 0.538. The summed E-state index contributed by atoms with van der Waals surface area (Å²) in [5.41, 5.74) is 0.910. The average molecular weight is 250 g/mol. The lowest BCUT2D eigenvalue weighted by Gasteiger charge is -2.14. The van der Waals surface area contributed by atoms with Crippen molar-refractivity contribution in [3.8, 4) is 5.88 Å². The highest BCUT2D eigenvalue weighted by molar-refractivity contribution is 5.71. The third kappa shape index (κ3) is 2.79. The van der Waals surface area contributed by atoms with Crippen molar-refractivity contribution in [3.05, 3.63) is 23.9 Å². The first-order chi connectivity index (χ1) is 8.60. The Bertz CT molecular complexity index is 436. The number of carboxylic acid groups (broad SMARTS) is 1. The van der Waals surface area contributed by atoms with Crippen molar-refractivity contribution < 1.29 is 14.6 Å². The Hall–Kier alpha value is -1.62. The minimum absolute atomic E-state index is 0.188. The second-order valence-electron chi connectivity index (χ2n) is 4.79. The summed E-state index contributed by atoms with van der Waals surface area (Å²) in [5, 5.41) is 9.09. The third-order valence-corrected chi connectivity index (χ3v) is 3.38. The molecule has 1 aromatic rings. The summed E-state index contributed by atoms with van der Waals surface area (Å²) in [6.07, 6.45) is 0. The van der Waals surface area contributed by atoms with Crippen LogP contribution in [0.15, 0.2) is 18.2 Å². The highest BCUT2D eigenvalue weighted by Crippen LogP contribution is 2.24. The van der Waals surface area contributed by atoms with Crippen molar-refractivity contribution in [2.45, 2.75) is 13.5 Å². The van der Waals surface area contributed by atoms with Crippen LogP contribution in [-0.2, 0) is 11.3 Å². The molecule has 0 saturated carbocycles. The third-order valence-electron chi connectivity index (χ3n) is 3.38. The first kappa shape index (κ1) is 12.8. The molecule has 18 heavy (non-hydrogen) atoms. The molecule has 2 heterocycles. The molecule has 0 unspecified atom stereocenters. The van der Waals surface area contributed by atoms with E-state index in [0.29, 0.717) is 19.0 Å². The summed E-state index contributed by atoms with van der Waals surface area (Å²) in [7, 11) is 1.59. The van der Waals surface area contributed by atoms with Gasteiger partial charge in [0.2, 0.25) is 5.88 Å². The van der Waals surface area contributed by atoms with E-state index in [0.717, 1.165) is 12.2 Å². The predicted molar refractivity (Wildman–Crippen MR) is 66.4 cm³/mol. The van der Waals surface area contributed by atoms with E-state index >= 15 is 0 Å². The molecular formula is C13H18N2O3. The van der Waals surface area contributed by atoms with Crippen LogP contribution in [-0.4, -0.2) is 41.2 Å². The van der Waals surface area contributed by atoms with E-state index in [1.165, 1.54) is 0 Å². The molecule has 1 saturated heterocycles. The maximum atomic E-state index is 11.0. The highest BCUT2D eigenvalue weighted by Gasteiger charge is 2.34. The Morgan fingerprint density at radius 3 is 2.94 bits per heavy atom. The normalized spacial score (nSPS) is 24.1. The largest absolute Gasteiger partial charge is 0.481 e. The number of ether oxygens (including phenoxy) is 1. The SMILES string of the molecule is COc1cccc(CN2C[C@@H](C)[C@H](C(=O)O)C2)n1. The molecule has 5 nitrogen and oxygen atoms in total. The lowest BCUT2D eigenvalue weighted by Crippen LogP contribution is -2.23. The van der Waals surface area contributed by atoms with Crippen molar-refractivity contribution in [2.24, 2.45) is 11.8 Å². The molecule has 0 radical (unpaired) electrons. The van der Waals surface area contributed by atoms with Crippen molar-refractivity contribution in [3.63, 3.8) is 0 Å². The van der Waals surface area contributed by atoms with Gasteiger partial charge in [0.25, 0.3) is 0 Å². The van der Waals surface area contributed by atoms with Crippen LogP contribution in [0.3, 0.4) is 0 Å². The Morgan fingerprint density at radius 2 is 2.33 bits per heavy atom. The topological polar surface area (TPSA) is 62.7 Å². The van der Waals surface area contributed by atoms with Gasteiger partial charge in [0.05, 0.1) is 18.7 Å². The lowest BCUT2D eigenvalue weighted by atomic mass is 9.99. The van der Waals surface area contributed by atoms with Crippen LogP contribution in [0.1, 0.15) is 12.6 Å². The molecule has 98 valence electrons. The molecule has 1 fully saturated rings. The molecule has 5 heteroatoms. The molecule has 0 amide bonds. The van der Waals surface area contributed by atoms with Crippen molar-refractivity contribution in [2.75, 3.05) is 20.2 Å². The first-order valence-electron chi connectivity index (χ1n) is 6.05. The molecule has 0 aromatic carbocycles. The number of hydrogen-bond acceptors (Lipinski definition) is 4. The number of carboxylic acids is 1. The van der Waals surface area contributed by atoms with E-state index in [9.17, 15) is 4.79 Å². The van der Waals surface area contributed by atoms with Crippen LogP contribution in [0.5, 0.6) is 5.88 Å². The number of nitrogens with zero attached hydrogens (tertiary/aromatic N) is 2. The molecule has 0 spiro atoms. The van der Waals surface area contributed by atoms with Gasteiger partial charge in [-0.25, -0.2) is 4.98 Å². The molecule has 1 aliphatic rings. The monoisotopic (exact) mass is 250 g/mol. The van der Waals surface area contributed by atoms with Gasteiger partial charge in [-0.15, -0.1) is 0 Å². The summed E-state index contributed by atoms with van der Waals surface area (Å²) < 4.78 is 5.08. The fourth-order valence-corrected chi connectivity index (χ4v) is 2.41. The zero-order valence-corrected chi connectivity index (χ0v) is 10.7. The van der Waals surface area contributed by atoms with Gasteiger partial charge in [0.1, 0.15) is 0 Å². The fourth-order valence-electron chi connectivity index (χ4n) is 2.41. The van der Waals surface area contributed by atoms with Gasteiger partial charge in [-0.3, -0.25) is 9.69 Å². The Kier molecular flexibility index (Phi) is 3.81.